The Morgan fingerprint density at radius 1 is 0.189 bits per heavy atom. The second kappa shape index (κ2) is 23.4. The molecule has 0 N–H and O–H groups in total. The average molecular weight is 1150 g/mol. The summed E-state index contributed by atoms with van der Waals surface area (Å²) in [5.41, 5.74) is 25.3. The summed E-state index contributed by atoms with van der Waals surface area (Å²) in [5, 5.41) is 4.91. The third kappa shape index (κ3) is 10.2. The van der Waals surface area contributed by atoms with Gasteiger partial charge in [-0.2, -0.15) is 0 Å². The first-order valence-electron chi connectivity index (χ1n) is 30.8. The van der Waals surface area contributed by atoms with E-state index in [4.69, 9.17) is 0 Å². The molecule has 4 nitrogen and oxygen atoms in total. The number of hydrogen-bond acceptors (Lipinski definition) is 2. The van der Waals surface area contributed by atoms with Crippen molar-refractivity contribution in [2.24, 2.45) is 0 Å². The van der Waals surface area contributed by atoms with Crippen molar-refractivity contribution >= 4 is 89.9 Å². The van der Waals surface area contributed by atoms with Crippen LogP contribution in [0.4, 0.5) is 34.1 Å². The van der Waals surface area contributed by atoms with E-state index in [2.05, 4.69) is 383 Å². The number of fused-ring (bicyclic) bond motifs is 6. The molecule has 0 saturated carbocycles. The van der Waals surface area contributed by atoms with Crippen LogP contribution in [0.3, 0.4) is 0 Å². The van der Waals surface area contributed by atoms with Crippen LogP contribution >= 0.6 is 0 Å². The van der Waals surface area contributed by atoms with Crippen LogP contribution in [0.1, 0.15) is 11.1 Å². The number of rotatable bonds is 14. The van der Waals surface area contributed by atoms with E-state index in [1.165, 1.54) is 88.1 Å². The standard InChI is InChI=1S/C86H60N4/c1-7-19-63(20-8-1)67-37-53-83-79(57-67)80-58-68(64-21-9-2-10-22-64)38-54-84(80)89(83)77-49-45-75(46-50-77)87(71-27-15-5-16-28-71)73-41-33-61(34-42-73)31-32-62-35-43-74(44-36-62)88(72-29-17-6-18-30-72)76-47-51-78(52-48-76)90-85-55-39-69(65-23-11-3-12-24-65)59-81(85)82-60-70(40-56-86(82)90)66-25-13-4-14-26-66/h1-60H/b32-31+. The van der Waals surface area contributed by atoms with Crippen molar-refractivity contribution in [1.29, 1.82) is 0 Å². The Balaban J connectivity index is 0.674. The molecular formula is C86H60N4. The van der Waals surface area contributed by atoms with Crippen molar-refractivity contribution < 1.29 is 0 Å². The van der Waals surface area contributed by atoms with E-state index in [1.54, 1.807) is 0 Å². The van der Waals surface area contributed by atoms with E-state index in [-0.39, 0.29) is 0 Å². The van der Waals surface area contributed by atoms with Crippen molar-refractivity contribution in [2.45, 2.75) is 0 Å². The number of para-hydroxylation sites is 2. The van der Waals surface area contributed by atoms with Gasteiger partial charge >= 0.3 is 0 Å². The maximum absolute atomic E-state index is 2.41. The molecule has 0 spiro atoms. The van der Waals surface area contributed by atoms with Crippen molar-refractivity contribution in [3.63, 3.8) is 0 Å². The molecule has 0 radical (unpaired) electrons. The number of anilines is 6. The number of aromatic nitrogens is 2. The SMILES string of the molecule is C(=C\c1ccc(N(c2ccccc2)c2ccc(-n3c4ccc(-c5ccccc5)cc4c4cc(-c5ccccc5)ccc43)cc2)cc1)/c1ccc(N(c2ccccc2)c2ccc(-n3c4ccc(-c5ccccc5)cc4c4cc(-c5ccccc5)ccc43)cc2)cc1. The van der Waals surface area contributed by atoms with Crippen LogP contribution in [0.2, 0.25) is 0 Å². The van der Waals surface area contributed by atoms with Crippen LogP contribution in [0.15, 0.2) is 352 Å². The minimum Gasteiger partial charge on any atom is -0.311 e. The van der Waals surface area contributed by atoms with Crippen LogP contribution in [0.25, 0.3) is 112 Å². The molecule has 0 aliphatic carbocycles. The minimum atomic E-state index is 1.08. The van der Waals surface area contributed by atoms with E-state index in [0.717, 1.165) is 56.6 Å². The van der Waals surface area contributed by atoms with Gasteiger partial charge < -0.3 is 18.9 Å². The summed E-state index contributed by atoms with van der Waals surface area (Å²) in [6.45, 7) is 0. The fraction of sp³-hybridized carbons (Fsp3) is 0. The van der Waals surface area contributed by atoms with E-state index in [1.807, 2.05) is 0 Å². The Bertz CT molecular complexity index is 4690. The highest BCUT2D eigenvalue weighted by Crippen LogP contribution is 2.42. The van der Waals surface area contributed by atoms with Crippen LogP contribution in [0, 0.1) is 0 Å². The van der Waals surface area contributed by atoms with Crippen molar-refractivity contribution in [1.82, 2.24) is 9.13 Å². The molecule has 0 aliphatic rings. The lowest BCUT2D eigenvalue weighted by molar-refractivity contribution is 1.17. The third-order valence-corrected chi connectivity index (χ3v) is 17.5. The molecule has 0 unspecified atom stereocenters. The maximum atomic E-state index is 2.41. The molecule has 0 saturated heterocycles. The fourth-order valence-electron chi connectivity index (χ4n) is 13.1. The summed E-state index contributed by atoms with van der Waals surface area (Å²) in [7, 11) is 0. The van der Waals surface area contributed by atoms with E-state index < -0.39 is 0 Å². The van der Waals surface area contributed by atoms with Crippen molar-refractivity contribution in [3.05, 3.63) is 363 Å². The fourth-order valence-corrected chi connectivity index (χ4v) is 13.1. The monoisotopic (exact) mass is 1150 g/mol. The van der Waals surface area contributed by atoms with Gasteiger partial charge in [-0.1, -0.05) is 218 Å². The van der Waals surface area contributed by atoms with Gasteiger partial charge in [0.1, 0.15) is 0 Å². The highest BCUT2D eigenvalue weighted by molar-refractivity contribution is 6.13. The zero-order chi connectivity index (χ0) is 59.7. The first-order valence-corrected chi connectivity index (χ1v) is 30.8. The molecule has 424 valence electrons. The molecule has 0 amide bonds. The van der Waals surface area contributed by atoms with Gasteiger partial charge in [0.2, 0.25) is 0 Å². The predicted molar refractivity (Wildman–Crippen MR) is 382 cm³/mol. The molecule has 16 aromatic rings. The zero-order valence-corrected chi connectivity index (χ0v) is 49.4. The Labute approximate surface area is 524 Å². The Morgan fingerprint density at radius 3 is 0.667 bits per heavy atom. The molecule has 14 aromatic carbocycles. The number of benzene rings is 14. The normalized spacial score (nSPS) is 11.5. The largest absolute Gasteiger partial charge is 0.311 e. The quantitative estimate of drug-likeness (QED) is 0.101. The molecule has 0 atom stereocenters. The summed E-state index contributed by atoms with van der Waals surface area (Å²) < 4.78 is 4.82. The van der Waals surface area contributed by atoms with Gasteiger partial charge in [-0.3, -0.25) is 0 Å². The first kappa shape index (κ1) is 53.5. The first-order chi connectivity index (χ1) is 44.6. The zero-order valence-electron chi connectivity index (χ0n) is 49.4. The summed E-state index contributed by atoms with van der Waals surface area (Å²) in [5.74, 6) is 0. The summed E-state index contributed by atoms with van der Waals surface area (Å²) >= 11 is 0. The van der Waals surface area contributed by atoms with Crippen molar-refractivity contribution in [2.75, 3.05) is 9.80 Å². The van der Waals surface area contributed by atoms with Gasteiger partial charge in [-0.15, -0.1) is 0 Å². The lowest BCUT2D eigenvalue weighted by Gasteiger charge is -2.26. The molecule has 2 aromatic heterocycles. The highest BCUT2D eigenvalue weighted by Gasteiger charge is 2.20. The molecule has 4 heteroatoms. The summed E-state index contributed by atoms with van der Waals surface area (Å²) in [6.07, 6.45) is 4.40. The molecule has 0 bridgehead atoms. The molecular weight excluding hydrogens is 1090 g/mol. The van der Waals surface area contributed by atoms with Crippen LogP contribution in [-0.2, 0) is 0 Å². The molecule has 16 rings (SSSR count). The van der Waals surface area contributed by atoms with E-state index >= 15 is 0 Å². The Hall–Kier alpha value is -12.0. The second-order valence-corrected chi connectivity index (χ2v) is 23.0. The minimum absolute atomic E-state index is 1.08. The molecule has 0 aliphatic heterocycles. The maximum Gasteiger partial charge on any atom is 0.0541 e. The van der Waals surface area contributed by atoms with Crippen molar-refractivity contribution in [3.8, 4) is 55.9 Å². The van der Waals surface area contributed by atoms with Gasteiger partial charge in [0.25, 0.3) is 0 Å². The molecule has 2 heterocycles. The van der Waals surface area contributed by atoms with Gasteiger partial charge in [0.15, 0.2) is 0 Å². The van der Waals surface area contributed by atoms with Gasteiger partial charge in [0, 0.05) is 67.0 Å². The highest BCUT2D eigenvalue weighted by atomic mass is 15.1. The second-order valence-electron chi connectivity index (χ2n) is 23.0. The smallest absolute Gasteiger partial charge is 0.0541 e. The summed E-state index contributed by atoms with van der Waals surface area (Å²) in [4.78, 5) is 4.67. The Morgan fingerprint density at radius 2 is 0.411 bits per heavy atom. The van der Waals surface area contributed by atoms with Crippen LogP contribution in [-0.4, -0.2) is 9.13 Å². The topological polar surface area (TPSA) is 16.3 Å². The molecule has 90 heavy (non-hydrogen) atoms. The van der Waals surface area contributed by atoms with E-state index in [0.29, 0.717) is 0 Å². The Kier molecular flexibility index (Phi) is 13.9. The van der Waals surface area contributed by atoms with Crippen LogP contribution < -0.4 is 9.80 Å². The van der Waals surface area contributed by atoms with Gasteiger partial charge in [-0.25, -0.2) is 0 Å². The number of nitrogens with zero attached hydrogens (tertiary/aromatic N) is 4. The third-order valence-electron chi connectivity index (χ3n) is 17.5. The number of hydrogen-bond donors (Lipinski definition) is 0. The predicted octanol–water partition coefficient (Wildman–Crippen LogP) is 23.7. The van der Waals surface area contributed by atoms with Crippen LogP contribution in [0.5, 0.6) is 0 Å². The van der Waals surface area contributed by atoms with E-state index in [9.17, 15) is 0 Å². The average Bonchev–Trinajstić information content (AvgIpc) is 1.76. The molecule has 0 fully saturated rings. The van der Waals surface area contributed by atoms with Gasteiger partial charge in [-0.05, 0) is 201 Å². The summed E-state index contributed by atoms with van der Waals surface area (Å²) in [6, 6.07) is 127. The van der Waals surface area contributed by atoms with Gasteiger partial charge in [0.05, 0.1) is 22.1 Å². The lowest BCUT2D eigenvalue weighted by atomic mass is 10.0. The lowest BCUT2D eigenvalue weighted by Crippen LogP contribution is -2.10.